The Morgan fingerprint density at radius 3 is 2.39 bits per heavy atom. The highest BCUT2D eigenvalue weighted by molar-refractivity contribution is 7.71. The van der Waals surface area contributed by atoms with Crippen molar-refractivity contribution < 1.29 is 9.53 Å². The summed E-state index contributed by atoms with van der Waals surface area (Å²) in [5.41, 5.74) is 2.37. The maximum atomic E-state index is 12.8. The molecule has 4 aromatic rings. The van der Waals surface area contributed by atoms with E-state index in [9.17, 15) is 4.79 Å². The predicted molar refractivity (Wildman–Crippen MR) is 133 cm³/mol. The minimum absolute atomic E-state index is 0.0380. The predicted octanol–water partition coefficient (Wildman–Crippen LogP) is 5.95. The Balaban J connectivity index is 1.60. The minimum atomic E-state index is -0.0912. The Hall–Kier alpha value is -3.42. The van der Waals surface area contributed by atoms with Crippen LogP contribution in [0.15, 0.2) is 78.9 Å². The number of halogens is 1. The Morgan fingerprint density at radius 2 is 1.73 bits per heavy atom. The molecule has 0 aliphatic heterocycles. The first-order chi connectivity index (χ1) is 16.0. The molecule has 33 heavy (non-hydrogen) atoms. The molecule has 168 valence electrons. The van der Waals surface area contributed by atoms with Gasteiger partial charge in [-0.05, 0) is 79.8 Å². The van der Waals surface area contributed by atoms with Crippen molar-refractivity contribution in [1.82, 2.24) is 14.3 Å². The fourth-order valence-electron chi connectivity index (χ4n) is 3.39. The molecule has 1 heterocycles. The average Bonchev–Trinajstić information content (AvgIpc) is 3.14. The van der Waals surface area contributed by atoms with Gasteiger partial charge >= 0.3 is 0 Å². The van der Waals surface area contributed by atoms with E-state index >= 15 is 0 Å². The van der Waals surface area contributed by atoms with Crippen LogP contribution in [0.4, 0.5) is 5.69 Å². The van der Waals surface area contributed by atoms with Crippen LogP contribution in [-0.4, -0.2) is 26.7 Å². The third-order valence-electron chi connectivity index (χ3n) is 5.00. The largest absolute Gasteiger partial charge is 0.494 e. The van der Waals surface area contributed by atoms with Gasteiger partial charge in [0, 0.05) is 22.0 Å². The van der Waals surface area contributed by atoms with Gasteiger partial charge in [0.25, 0.3) is 0 Å². The fourth-order valence-corrected chi connectivity index (χ4v) is 3.83. The first-order valence-corrected chi connectivity index (χ1v) is 11.3. The molecule has 0 aliphatic carbocycles. The Bertz CT molecular complexity index is 1280. The lowest BCUT2D eigenvalue weighted by Gasteiger charge is -2.09. The SMILES string of the molecule is CCOc1ccc(NCc2nn(CC(=O)c3ccc(Cl)cc3)c(=S)n2-c2ccccc2)cc1. The van der Waals surface area contributed by atoms with Crippen molar-refractivity contribution in [2.75, 3.05) is 11.9 Å². The third-order valence-corrected chi connectivity index (χ3v) is 5.64. The number of nitrogens with one attached hydrogen (secondary N) is 1. The summed E-state index contributed by atoms with van der Waals surface area (Å²) in [6, 6.07) is 24.3. The van der Waals surface area contributed by atoms with E-state index < -0.39 is 0 Å². The quantitative estimate of drug-likeness (QED) is 0.238. The topological polar surface area (TPSA) is 61.1 Å². The highest BCUT2D eigenvalue weighted by Crippen LogP contribution is 2.18. The number of para-hydroxylation sites is 1. The van der Waals surface area contributed by atoms with Gasteiger partial charge in [-0.3, -0.25) is 9.36 Å². The molecule has 0 amide bonds. The molecule has 0 bridgehead atoms. The van der Waals surface area contributed by atoms with Gasteiger partial charge in [0.15, 0.2) is 11.6 Å². The van der Waals surface area contributed by atoms with Crippen molar-refractivity contribution in [3.05, 3.63) is 100 Å². The Labute approximate surface area is 202 Å². The molecule has 0 atom stereocenters. The average molecular weight is 479 g/mol. The molecule has 0 radical (unpaired) electrons. The molecule has 0 fully saturated rings. The van der Waals surface area contributed by atoms with Gasteiger partial charge in [-0.15, -0.1) is 0 Å². The highest BCUT2D eigenvalue weighted by Gasteiger charge is 2.16. The zero-order valence-corrected chi connectivity index (χ0v) is 19.6. The third kappa shape index (κ3) is 5.50. The number of hydrogen-bond donors (Lipinski definition) is 1. The molecule has 0 aliphatic rings. The van der Waals surface area contributed by atoms with Gasteiger partial charge in [-0.2, -0.15) is 5.10 Å². The first kappa shape index (κ1) is 22.8. The molecule has 6 nitrogen and oxygen atoms in total. The molecule has 0 unspecified atom stereocenters. The number of nitrogens with zero attached hydrogens (tertiary/aromatic N) is 3. The van der Waals surface area contributed by atoms with Crippen molar-refractivity contribution in [2.24, 2.45) is 0 Å². The molecule has 4 rings (SSSR count). The molecule has 0 spiro atoms. The summed E-state index contributed by atoms with van der Waals surface area (Å²) >= 11 is 11.6. The summed E-state index contributed by atoms with van der Waals surface area (Å²) < 4.78 is 9.39. The summed E-state index contributed by atoms with van der Waals surface area (Å²) in [4.78, 5) is 12.8. The number of benzene rings is 3. The van der Waals surface area contributed by atoms with E-state index in [0.717, 1.165) is 17.1 Å². The van der Waals surface area contributed by atoms with Crippen LogP contribution in [0.3, 0.4) is 0 Å². The number of ketones is 1. The van der Waals surface area contributed by atoms with E-state index in [1.54, 1.807) is 28.9 Å². The van der Waals surface area contributed by atoms with Crippen LogP contribution in [0.5, 0.6) is 5.75 Å². The van der Waals surface area contributed by atoms with Crippen molar-refractivity contribution >= 4 is 35.3 Å². The first-order valence-electron chi connectivity index (χ1n) is 10.5. The standard InChI is InChI=1S/C25H23ClN4O2S/c1-2-32-22-14-12-20(13-15-22)27-16-24-28-29(17-23(31)18-8-10-19(26)11-9-18)25(33)30(24)21-6-4-3-5-7-21/h3-15,27H,2,16-17H2,1H3. The zero-order valence-electron chi connectivity index (χ0n) is 18.1. The van der Waals surface area contributed by atoms with Crippen LogP contribution in [0.1, 0.15) is 23.1 Å². The number of aromatic nitrogens is 3. The van der Waals surface area contributed by atoms with E-state index in [1.807, 2.05) is 66.1 Å². The summed E-state index contributed by atoms with van der Waals surface area (Å²) in [5.74, 6) is 1.43. The number of anilines is 1. The van der Waals surface area contributed by atoms with Crippen molar-refractivity contribution in [3.8, 4) is 11.4 Å². The van der Waals surface area contributed by atoms with Crippen LogP contribution < -0.4 is 10.1 Å². The number of rotatable bonds is 9. The van der Waals surface area contributed by atoms with Gasteiger partial charge in [-0.1, -0.05) is 29.8 Å². The summed E-state index contributed by atoms with van der Waals surface area (Å²) in [6.45, 7) is 3.04. The van der Waals surface area contributed by atoms with Crippen LogP contribution in [-0.2, 0) is 13.1 Å². The Kier molecular flexibility index (Phi) is 7.22. The number of carbonyl (C=O) groups is 1. The number of Topliss-reactive ketones (excluding diaryl/α,β-unsaturated/α-hetero) is 1. The van der Waals surface area contributed by atoms with Crippen LogP contribution in [0.25, 0.3) is 5.69 Å². The molecular formula is C25H23ClN4O2S. The smallest absolute Gasteiger partial charge is 0.203 e. The van der Waals surface area contributed by atoms with Gasteiger partial charge < -0.3 is 10.1 Å². The zero-order chi connectivity index (χ0) is 23.2. The normalized spacial score (nSPS) is 10.7. The van der Waals surface area contributed by atoms with E-state index in [2.05, 4.69) is 10.4 Å². The van der Waals surface area contributed by atoms with Crippen LogP contribution in [0.2, 0.25) is 5.02 Å². The monoisotopic (exact) mass is 478 g/mol. The molecule has 3 aromatic carbocycles. The van der Waals surface area contributed by atoms with Crippen LogP contribution in [0, 0.1) is 4.77 Å². The number of hydrogen-bond acceptors (Lipinski definition) is 5. The minimum Gasteiger partial charge on any atom is -0.494 e. The van der Waals surface area contributed by atoms with E-state index in [1.165, 1.54) is 0 Å². The van der Waals surface area contributed by atoms with Gasteiger partial charge in [0.2, 0.25) is 4.77 Å². The van der Waals surface area contributed by atoms with Gasteiger partial charge in [0.05, 0.1) is 13.2 Å². The maximum absolute atomic E-state index is 12.8. The van der Waals surface area contributed by atoms with E-state index in [0.29, 0.717) is 34.3 Å². The fraction of sp³-hybridized carbons (Fsp3) is 0.160. The van der Waals surface area contributed by atoms with Crippen molar-refractivity contribution in [2.45, 2.75) is 20.0 Å². The number of ether oxygens (including phenoxy) is 1. The van der Waals surface area contributed by atoms with Crippen molar-refractivity contribution in [1.29, 1.82) is 0 Å². The molecule has 8 heteroatoms. The Morgan fingerprint density at radius 1 is 1.03 bits per heavy atom. The second kappa shape index (κ2) is 10.5. The molecule has 0 saturated carbocycles. The van der Waals surface area contributed by atoms with Gasteiger partial charge in [-0.25, -0.2) is 4.68 Å². The lowest BCUT2D eigenvalue weighted by Crippen LogP contribution is -2.12. The van der Waals surface area contributed by atoms with E-state index in [4.69, 9.17) is 28.6 Å². The number of carbonyl (C=O) groups excluding carboxylic acids is 1. The summed E-state index contributed by atoms with van der Waals surface area (Å²) in [7, 11) is 0. The van der Waals surface area contributed by atoms with Crippen molar-refractivity contribution in [3.63, 3.8) is 0 Å². The molecule has 1 N–H and O–H groups in total. The summed E-state index contributed by atoms with van der Waals surface area (Å²) in [6.07, 6.45) is 0. The molecule has 1 aromatic heterocycles. The second-order valence-corrected chi connectivity index (χ2v) is 8.07. The van der Waals surface area contributed by atoms with Gasteiger partial charge in [0.1, 0.15) is 12.3 Å². The summed E-state index contributed by atoms with van der Waals surface area (Å²) in [5, 5.41) is 8.63. The second-order valence-electron chi connectivity index (χ2n) is 7.27. The molecular weight excluding hydrogens is 456 g/mol. The van der Waals surface area contributed by atoms with E-state index in [-0.39, 0.29) is 12.3 Å². The lowest BCUT2D eigenvalue weighted by atomic mass is 10.1. The lowest BCUT2D eigenvalue weighted by molar-refractivity contribution is 0.0967. The van der Waals surface area contributed by atoms with Crippen LogP contribution >= 0.6 is 23.8 Å². The highest BCUT2D eigenvalue weighted by atomic mass is 35.5. The maximum Gasteiger partial charge on any atom is 0.203 e. The molecule has 0 saturated heterocycles.